The normalized spacial score (nSPS) is 15.7. The average molecular weight is 518 g/mol. The topological polar surface area (TPSA) is 110 Å². The van der Waals surface area contributed by atoms with E-state index < -0.39 is 0 Å². The molecule has 0 unspecified atom stereocenters. The van der Waals surface area contributed by atoms with Gasteiger partial charge in [0, 0.05) is 6.54 Å². The lowest BCUT2D eigenvalue weighted by atomic mass is 10.1. The highest BCUT2D eigenvalue weighted by atomic mass is 35.5. The Morgan fingerprint density at radius 3 is 2.67 bits per heavy atom. The Morgan fingerprint density at radius 2 is 1.86 bits per heavy atom. The molecule has 11 heteroatoms. The highest BCUT2D eigenvalue weighted by molar-refractivity contribution is 7.98. The number of H-pyrrole nitrogens is 1. The van der Waals surface area contributed by atoms with Gasteiger partial charge >= 0.3 is 0 Å². The van der Waals surface area contributed by atoms with Gasteiger partial charge < -0.3 is 9.88 Å². The van der Waals surface area contributed by atoms with E-state index in [1.165, 1.54) is 18.1 Å². The van der Waals surface area contributed by atoms with Crippen LogP contribution in [0.5, 0.6) is 0 Å². The molecule has 1 fully saturated rings. The lowest BCUT2D eigenvalue weighted by Crippen LogP contribution is -2.32. The third-order valence-electron chi connectivity index (χ3n) is 6.35. The molecule has 36 heavy (non-hydrogen) atoms. The van der Waals surface area contributed by atoms with Crippen LogP contribution in [0, 0.1) is 0 Å². The van der Waals surface area contributed by atoms with E-state index in [9.17, 15) is 9.59 Å². The van der Waals surface area contributed by atoms with Gasteiger partial charge in [-0.1, -0.05) is 47.6 Å². The summed E-state index contributed by atoms with van der Waals surface area (Å²) in [6.45, 7) is 0.636. The van der Waals surface area contributed by atoms with E-state index in [1.807, 2.05) is 41.5 Å². The van der Waals surface area contributed by atoms with Gasteiger partial charge in [0.05, 0.1) is 34.0 Å². The number of thioether (sulfide) groups is 1. The number of aromatic nitrogens is 6. The first-order valence-electron chi connectivity index (χ1n) is 11.4. The summed E-state index contributed by atoms with van der Waals surface area (Å²) in [6, 6.07) is 14.4. The van der Waals surface area contributed by atoms with Crippen molar-refractivity contribution in [1.82, 2.24) is 29.5 Å². The number of benzene rings is 2. The Balaban J connectivity index is 1.63. The predicted octanol–water partition coefficient (Wildman–Crippen LogP) is 4.13. The number of fused-ring (bicyclic) bond motifs is 2. The summed E-state index contributed by atoms with van der Waals surface area (Å²) in [5.74, 6) is 1.05. The van der Waals surface area contributed by atoms with E-state index in [0.29, 0.717) is 56.0 Å². The second-order valence-corrected chi connectivity index (χ2v) is 9.58. The Bertz CT molecular complexity index is 1740. The maximum atomic E-state index is 13.9. The number of anilines is 1. The number of nitrogens with zero attached hydrogens (tertiary/aromatic N) is 6. The number of hydrogen-bond donors (Lipinski definition) is 1. The fourth-order valence-electron chi connectivity index (χ4n) is 4.78. The van der Waals surface area contributed by atoms with Crippen molar-refractivity contribution in [3.05, 3.63) is 86.4 Å². The number of hydrogen-bond acceptors (Lipinski definition) is 8. The second kappa shape index (κ2) is 9.03. The maximum Gasteiger partial charge on any atom is 0.267 e. The first-order chi connectivity index (χ1) is 17.6. The molecule has 180 valence electrons. The van der Waals surface area contributed by atoms with Gasteiger partial charge in [0.1, 0.15) is 17.0 Å². The van der Waals surface area contributed by atoms with Crippen LogP contribution < -0.4 is 16.0 Å². The molecule has 1 saturated heterocycles. The molecule has 9 nitrogen and oxygen atoms in total. The zero-order valence-corrected chi connectivity index (χ0v) is 20.8. The lowest BCUT2D eigenvalue weighted by molar-refractivity contribution is 0.632. The number of halogens is 1. The standard InChI is InChI=1S/C25H20ClN7O2S/c1-36-25-30-20-19(23(34)28-13-27-20)22(31-25)32-12-6-11-17(32)21-29-16-10-5-9-15(26)18(16)24(35)33(21)14-7-3-2-4-8-14/h2-5,7-10,13,17H,6,11-12H2,1H3,(H,27,28,30,31,34)/t17-/m0/s1. The van der Waals surface area contributed by atoms with Crippen LogP contribution in [-0.2, 0) is 0 Å². The first kappa shape index (κ1) is 22.7. The van der Waals surface area contributed by atoms with Crippen LogP contribution >= 0.6 is 23.4 Å². The quantitative estimate of drug-likeness (QED) is 0.280. The largest absolute Gasteiger partial charge is 0.346 e. The summed E-state index contributed by atoms with van der Waals surface area (Å²) < 4.78 is 1.62. The molecule has 0 radical (unpaired) electrons. The summed E-state index contributed by atoms with van der Waals surface area (Å²) >= 11 is 7.83. The van der Waals surface area contributed by atoms with E-state index in [4.69, 9.17) is 21.6 Å². The van der Waals surface area contributed by atoms with Crippen molar-refractivity contribution in [2.24, 2.45) is 0 Å². The van der Waals surface area contributed by atoms with Crippen molar-refractivity contribution >= 4 is 51.1 Å². The fraction of sp³-hybridized carbons (Fsp3) is 0.200. The molecule has 4 heterocycles. The third kappa shape index (κ3) is 3.64. The van der Waals surface area contributed by atoms with Crippen LogP contribution in [-0.4, -0.2) is 42.3 Å². The number of rotatable bonds is 4. The molecule has 1 atom stereocenters. The summed E-state index contributed by atoms with van der Waals surface area (Å²) in [7, 11) is 0. The Hall–Kier alpha value is -3.76. The van der Waals surface area contributed by atoms with Gasteiger partial charge in [0.15, 0.2) is 10.8 Å². The van der Waals surface area contributed by atoms with Gasteiger partial charge in [-0.2, -0.15) is 0 Å². The van der Waals surface area contributed by atoms with E-state index in [0.717, 1.165) is 12.8 Å². The molecule has 1 N–H and O–H groups in total. The minimum atomic E-state index is -0.313. The molecule has 6 rings (SSSR count). The van der Waals surface area contributed by atoms with Crippen LogP contribution in [0.15, 0.2) is 69.6 Å². The molecule has 0 saturated carbocycles. The smallest absolute Gasteiger partial charge is 0.267 e. The van der Waals surface area contributed by atoms with Crippen molar-refractivity contribution in [2.75, 3.05) is 17.7 Å². The average Bonchev–Trinajstić information content (AvgIpc) is 3.38. The van der Waals surface area contributed by atoms with Crippen LogP contribution in [0.3, 0.4) is 0 Å². The molecular formula is C25H20ClN7O2S. The second-order valence-electron chi connectivity index (χ2n) is 8.40. The Labute approximate surface area is 214 Å². The summed E-state index contributed by atoms with van der Waals surface area (Å²) in [4.78, 5) is 49.8. The monoisotopic (exact) mass is 517 g/mol. The van der Waals surface area contributed by atoms with E-state index in [-0.39, 0.29) is 17.2 Å². The molecule has 0 aliphatic carbocycles. The number of para-hydroxylation sites is 1. The van der Waals surface area contributed by atoms with Crippen molar-refractivity contribution in [3.63, 3.8) is 0 Å². The highest BCUT2D eigenvalue weighted by Gasteiger charge is 2.34. The van der Waals surface area contributed by atoms with Crippen LogP contribution in [0.25, 0.3) is 27.6 Å². The molecule has 1 aliphatic heterocycles. The van der Waals surface area contributed by atoms with E-state index >= 15 is 0 Å². The van der Waals surface area contributed by atoms with Gasteiger partial charge in [-0.05, 0) is 43.4 Å². The van der Waals surface area contributed by atoms with Gasteiger partial charge in [-0.25, -0.2) is 19.9 Å². The van der Waals surface area contributed by atoms with Crippen molar-refractivity contribution in [3.8, 4) is 5.69 Å². The van der Waals surface area contributed by atoms with Gasteiger partial charge in [-0.3, -0.25) is 14.2 Å². The van der Waals surface area contributed by atoms with Crippen LogP contribution in [0.1, 0.15) is 24.7 Å². The summed E-state index contributed by atoms with van der Waals surface area (Å²) in [6.07, 6.45) is 4.78. The molecular weight excluding hydrogens is 498 g/mol. The number of nitrogens with one attached hydrogen (secondary N) is 1. The van der Waals surface area contributed by atoms with Crippen molar-refractivity contribution in [1.29, 1.82) is 0 Å². The molecule has 0 amide bonds. The van der Waals surface area contributed by atoms with Crippen molar-refractivity contribution in [2.45, 2.75) is 24.0 Å². The fourth-order valence-corrected chi connectivity index (χ4v) is 5.39. The Morgan fingerprint density at radius 1 is 1.03 bits per heavy atom. The molecule has 1 aliphatic rings. The van der Waals surface area contributed by atoms with Crippen LogP contribution in [0.2, 0.25) is 5.02 Å². The minimum Gasteiger partial charge on any atom is -0.346 e. The lowest BCUT2D eigenvalue weighted by Gasteiger charge is -2.28. The Kier molecular flexibility index (Phi) is 5.69. The van der Waals surface area contributed by atoms with Gasteiger partial charge in [-0.15, -0.1) is 0 Å². The zero-order chi connectivity index (χ0) is 24.8. The molecule has 5 aromatic rings. The molecule has 2 aromatic carbocycles. The SMILES string of the molecule is CSc1nc(N2CCC[C@H]2c2nc3cccc(Cl)c3c(=O)n2-c2ccccc2)c2c(=O)[nH]cnc2n1. The van der Waals surface area contributed by atoms with Gasteiger partial charge in [0.25, 0.3) is 11.1 Å². The van der Waals surface area contributed by atoms with Crippen molar-refractivity contribution < 1.29 is 0 Å². The number of aromatic amines is 1. The van der Waals surface area contributed by atoms with E-state index in [1.54, 1.807) is 22.8 Å². The zero-order valence-electron chi connectivity index (χ0n) is 19.2. The third-order valence-corrected chi connectivity index (χ3v) is 7.22. The molecule has 0 spiro atoms. The molecule has 0 bridgehead atoms. The van der Waals surface area contributed by atoms with E-state index in [2.05, 4.69) is 15.0 Å². The van der Waals surface area contributed by atoms with Gasteiger partial charge in [0.2, 0.25) is 0 Å². The minimum absolute atomic E-state index is 0.240. The highest BCUT2D eigenvalue weighted by Crippen LogP contribution is 2.38. The molecule has 3 aromatic heterocycles. The van der Waals surface area contributed by atoms with Crippen LogP contribution in [0.4, 0.5) is 5.82 Å². The summed E-state index contributed by atoms with van der Waals surface area (Å²) in [5.41, 5.74) is 0.994. The first-order valence-corrected chi connectivity index (χ1v) is 13.0. The predicted molar refractivity (Wildman–Crippen MR) is 141 cm³/mol. The summed E-state index contributed by atoms with van der Waals surface area (Å²) in [5, 5.41) is 1.56. The maximum absolute atomic E-state index is 13.9.